The largest absolute Gasteiger partial charge is 0.382 e. The Kier molecular flexibility index (Phi) is 7.85. The summed E-state index contributed by atoms with van der Waals surface area (Å²) in [6, 6.07) is 25.9. The van der Waals surface area contributed by atoms with Gasteiger partial charge >= 0.3 is 0 Å². The molecule has 6 heteroatoms. The second-order valence-corrected chi connectivity index (χ2v) is 15.1. The summed E-state index contributed by atoms with van der Waals surface area (Å²) in [5, 5.41) is 7.36. The molecule has 2 saturated carbocycles. The Morgan fingerprint density at radius 3 is 1.12 bits per heavy atom. The number of hydrogen-bond acceptors (Lipinski definition) is 6. The Morgan fingerprint density at radius 2 is 0.755 bits per heavy atom. The zero-order valence-corrected chi connectivity index (χ0v) is 28.2. The van der Waals surface area contributed by atoms with Crippen molar-refractivity contribution in [3.8, 4) is 0 Å². The third-order valence-corrected chi connectivity index (χ3v) is 12.2. The molecule has 49 heavy (non-hydrogen) atoms. The maximum atomic E-state index is 13.5. The SMILES string of the molecule is CC(C)(C1CCC(Nc2cccc3c2C(=O)c2ccccc2C3=O)CC1)C1CCC(Nc2cccc3c2C(=O)c2ccccc2C3=O)CC1. The molecule has 4 aliphatic rings. The van der Waals surface area contributed by atoms with Crippen molar-refractivity contribution < 1.29 is 19.2 Å². The van der Waals surface area contributed by atoms with Gasteiger partial charge in [0.25, 0.3) is 0 Å². The van der Waals surface area contributed by atoms with Gasteiger partial charge in [-0.3, -0.25) is 19.2 Å². The summed E-state index contributed by atoms with van der Waals surface area (Å²) >= 11 is 0. The Labute approximate surface area is 287 Å². The first-order valence-electron chi connectivity index (χ1n) is 17.9. The van der Waals surface area contributed by atoms with Crippen LogP contribution in [0.3, 0.4) is 0 Å². The summed E-state index contributed by atoms with van der Waals surface area (Å²) in [6.07, 6.45) is 8.63. The van der Waals surface area contributed by atoms with Gasteiger partial charge in [0.15, 0.2) is 23.1 Å². The van der Waals surface area contributed by atoms with E-state index < -0.39 is 0 Å². The first-order chi connectivity index (χ1) is 23.7. The quantitative estimate of drug-likeness (QED) is 0.187. The fourth-order valence-electron chi connectivity index (χ4n) is 9.27. The number of rotatable bonds is 6. The lowest BCUT2D eigenvalue weighted by Crippen LogP contribution is -2.40. The van der Waals surface area contributed by atoms with E-state index in [4.69, 9.17) is 0 Å². The summed E-state index contributed by atoms with van der Waals surface area (Å²) in [4.78, 5) is 53.5. The van der Waals surface area contributed by atoms with Gasteiger partial charge in [-0.15, -0.1) is 0 Å². The van der Waals surface area contributed by atoms with Gasteiger partial charge in [0.05, 0.1) is 11.1 Å². The van der Waals surface area contributed by atoms with E-state index >= 15 is 0 Å². The van der Waals surface area contributed by atoms with Crippen LogP contribution in [0.1, 0.15) is 129 Å². The van der Waals surface area contributed by atoms with Crippen molar-refractivity contribution in [3.63, 3.8) is 0 Å². The molecule has 6 nitrogen and oxygen atoms in total. The first kappa shape index (κ1) is 31.4. The van der Waals surface area contributed by atoms with Gasteiger partial charge < -0.3 is 10.6 Å². The minimum absolute atomic E-state index is 0.0780. The van der Waals surface area contributed by atoms with Gasteiger partial charge in [0.2, 0.25) is 0 Å². The molecule has 0 aliphatic heterocycles. The molecule has 4 aromatic carbocycles. The minimum Gasteiger partial charge on any atom is -0.382 e. The molecule has 0 unspecified atom stereocenters. The summed E-state index contributed by atoms with van der Waals surface area (Å²) in [7, 11) is 0. The van der Waals surface area contributed by atoms with E-state index in [2.05, 4.69) is 24.5 Å². The number of anilines is 2. The van der Waals surface area contributed by atoms with Crippen LogP contribution in [0.5, 0.6) is 0 Å². The van der Waals surface area contributed by atoms with Crippen molar-refractivity contribution in [2.75, 3.05) is 10.6 Å². The number of fused-ring (bicyclic) bond motifs is 4. The van der Waals surface area contributed by atoms with E-state index in [9.17, 15) is 19.2 Å². The zero-order chi connectivity index (χ0) is 33.9. The fraction of sp³-hybridized carbons (Fsp3) is 0.349. The third kappa shape index (κ3) is 5.33. The fourth-order valence-corrected chi connectivity index (χ4v) is 9.27. The Balaban J connectivity index is 0.889. The van der Waals surface area contributed by atoms with E-state index in [0.29, 0.717) is 56.3 Å². The second-order valence-electron chi connectivity index (χ2n) is 15.1. The van der Waals surface area contributed by atoms with E-state index in [1.807, 2.05) is 48.5 Å². The standard InChI is InChI=1S/C43H42N2O4/c1-43(2,25-17-21-27(22-18-25)44-35-15-7-13-33-37(35)41(48)31-11-5-3-9-29(31)39(33)46)26-19-23-28(24-20-26)45-36-16-8-14-34-38(36)42(49)32-12-6-4-10-30(32)40(34)47/h3-16,25-28,44-45H,17-24H2,1-2H3. The molecule has 0 saturated heterocycles. The van der Waals surface area contributed by atoms with Gasteiger partial charge in [0, 0.05) is 56.8 Å². The minimum atomic E-state index is -0.0817. The molecule has 0 radical (unpaired) electrons. The molecular formula is C43H42N2O4. The third-order valence-electron chi connectivity index (χ3n) is 12.2. The molecule has 8 rings (SSSR count). The number of carbonyl (C=O) groups excluding carboxylic acids is 4. The van der Waals surface area contributed by atoms with E-state index in [0.717, 1.165) is 62.7 Å². The number of hydrogen-bond donors (Lipinski definition) is 2. The van der Waals surface area contributed by atoms with Crippen LogP contribution in [-0.2, 0) is 0 Å². The number of ketones is 4. The van der Waals surface area contributed by atoms with Gasteiger partial charge in [-0.2, -0.15) is 0 Å². The number of nitrogens with one attached hydrogen (secondary N) is 2. The molecule has 2 N–H and O–H groups in total. The second kappa shape index (κ2) is 12.2. The summed E-state index contributed by atoms with van der Waals surface area (Å²) < 4.78 is 0. The summed E-state index contributed by atoms with van der Waals surface area (Å²) in [5.74, 6) is 0.911. The lowest BCUT2D eigenvalue weighted by molar-refractivity contribution is 0.0547. The van der Waals surface area contributed by atoms with Crippen LogP contribution >= 0.6 is 0 Å². The van der Waals surface area contributed by atoms with Crippen LogP contribution in [-0.4, -0.2) is 35.2 Å². The maximum absolute atomic E-state index is 13.5. The van der Waals surface area contributed by atoms with E-state index in [1.165, 1.54) is 0 Å². The molecule has 0 spiro atoms. The number of carbonyl (C=O) groups is 4. The molecule has 248 valence electrons. The van der Waals surface area contributed by atoms with Crippen LogP contribution in [0.2, 0.25) is 0 Å². The van der Waals surface area contributed by atoms with Crippen LogP contribution in [0.4, 0.5) is 11.4 Å². The van der Waals surface area contributed by atoms with Crippen LogP contribution in [0, 0.1) is 17.3 Å². The lowest BCUT2D eigenvalue weighted by Gasteiger charge is -2.47. The van der Waals surface area contributed by atoms with Gasteiger partial charge in [-0.05, 0) is 80.8 Å². The van der Waals surface area contributed by atoms with Gasteiger partial charge in [-0.25, -0.2) is 0 Å². The highest BCUT2D eigenvalue weighted by molar-refractivity contribution is 6.31. The van der Waals surface area contributed by atoms with Crippen LogP contribution in [0.25, 0.3) is 0 Å². The van der Waals surface area contributed by atoms with Crippen molar-refractivity contribution in [1.82, 2.24) is 0 Å². The van der Waals surface area contributed by atoms with Gasteiger partial charge in [-0.1, -0.05) is 86.6 Å². The highest BCUT2D eigenvalue weighted by atomic mass is 16.1. The molecule has 4 aromatic rings. The molecule has 0 heterocycles. The summed E-state index contributed by atoms with van der Waals surface area (Å²) in [6.45, 7) is 4.91. The van der Waals surface area contributed by atoms with Crippen LogP contribution in [0.15, 0.2) is 84.9 Å². The van der Waals surface area contributed by atoms with E-state index in [-0.39, 0.29) is 40.6 Å². The lowest BCUT2D eigenvalue weighted by atomic mass is 9.60. The molecule has 0 aromatic heterocycles. The average molecular weight is 651 g/mol. The first-order valence-corrected chi connectivity index (χ1v) is 17.9. The smallest absolute Gasteiger partial charge is 0.196 e. The highest BCUT2D eigenvalue weighted by Gasteiger charge is 2.41. The van der Waals surface area contributed by atoms with Crippen molar-refractivity contribution in [2.45, 2.75) is 77.3 Å². The van der Waals surface area contributed by atoms with Crippen molar-refractivity contribution >= 4 is 34.5 Å². The van der Waals surface area contributed by atoms with Crippen molar-refractivity contribution in [1.29, 1.82) is 0 Å². The Hall–Kier alpha value is -4.84. The molecule has 4 aliphatic carbocycles. The average Bonchev–Trinajstić information content (AvgIpc) is 3.13. The Bertz CT molecular complexity index is 1870. The summed E-state index contributed by atoms with van der Waals surface area (Å²) in [5.41, 5.74) is 5.70. The molecular weight excluding hydrogens is 608 g/mol. The molecule has 0 atom stereocenters. The van der Waals surface area contributed by atoms with Crippen molar-refractivity contribution in [3.05, 3.63) is 129 Å². The van der Waals surface area contributed by atoms with E-state index in [1.54, 1.807) is 36.4 Å². The molecule has 0 bridgehead atoms. The topological polar surface area (TPSA) is 92.3 Å². The molecule has 2 fully saturated rings. The van der Waals surface area contributed by atoms with Gasteiger partial charge in [0.1, 0.15) is 0 Å². The highest BCUT2D eigenvalue weighted by Crippen LogP contribution is 2.49. The normalized spacial score (nSPS) is 23.2. The Morgan fingerprint density at radius 1 is 0.429 bits per heavy atom. The molecule has 0 amide bonds. The monoisotopic (exact) mass is 650 g/mol. The van der Waals surface area contributed by atoms with Crippen LogP contribution < -0.4 is 10.6 Å². The predicted molar refractivity (Wildman–Crippen MR) is 192 cm³/mol. The number of benzene rings is 4. The van der Waals surface area contributed by atoms with Crippen molar-refractivity contribution in [2.24, 2.45) is 17.3 Å². The maximum Gasteiger partial charge on any atom is 0.196 e. The zero-order valence-electron chi connectivity index (χ0n) is 28.2. The predicted octanol–water partition coefficient (Wildman–Crippen LogP) is 8.91.